The number of para-hydroxylation sites is 2. The number of aromatic nitrogens is 2. The second-order valence-corrected chi connectivity index (χ2v) is 6.74. The van der Waals surface area contributed by atoms with Gasteiger partial charge in [-0.05, 0) is 62.1 Å². The van der Waals surface area contributed by atoms with Gasteiger partial charge < -0.3 is 15.6 Å². The molecule has 4 rings (SSSR count). The Balaban J connectivity index is 1.55. The predicted octanol–water partition coefficient (Wildman–Crippen LogP) is 3.91. The Morgan fingerprint density at radius 1 is 1.20 bits per heavy atom. The zero-order chi connectivity index (χ0) is 17.4. The summed E-state index contributed by atoms with van der Waals surface area (Å²) >= 11 is 0. The number of nitrogens with one attached hydrogen (secondary N) is 1. The molecule has 1 heterocycles. The van der Waals surface area contributed by atoms with Crippen LogP contribution in [-0.4, -0.2) is 15.5 Å². The molecule has 0 bridgehead atoms. The number of nitrogens with zero attached hydrogens (tertiary/aromatic N) is 3. The van der Waals surface area contributed by atoms with E-state index in [4.69, 9.17) is 10.7 Å². The fraction of sp³-hybridized carbons (Fsp3) is 0.300. The van der Waals surface area contributed by atoms with Crippen molar-refractivity contribution in [3.63, 3.8) is 0 Å². The lowest BCUT2D eigenvalue weighted by Crippen LogP contribution is -2.23. The van der Waals surface area contributed by atoms with Gasteiger partial charge in [-0.15, -0.1) is 0 Å². The fourth-order valence-corrected chi connectivity index (χ4v) is 3.11. The molecule has 0 atom stereocenters. The maximum absolute atomic E-state index is 6.08. The minimum Gasteiger partial charge on any atom is -0.370 e. The van der Waals surface area contributed by atoms with E-state index in [-0.39, 0.29) is 0 Å². The van der Waals surface area contributed by atoms with Crippen LogP contribution in [0.15, 0.2) is 47.5 Å². The molecule has 0 spiro atoms. The van der Waals surface area contributed by atoms with Crippen LogP contribution in [0, 0.1) is 13.8 Å². The highest BCUT2D eigenvalue weighted by molar-refractivity contribution is 5.92. The summed E-state index contributed by atoms with van der Waals surface area (Å²) in [6.45, 7) is 4.67. The van der Waals surface area contributed by atoms with E-state index in [9.17, 15) is 0 Å². The molecule has 3 N–H and O–H groups in total. The summed E-state index contributed by atoms with van der Waals surface area (Å²) in [7, 11) is 0. The maximum Gasteiger partial charge on any atom is 0.193 e. The normalized spacial score (nSPS) is 14.9. The van der Waals surface area contributed by atoms with E-state index >= 15 is 0 Å². The van der Waals surface area contributed by atoms with Crippen LogP contribution in [0.1, 0.15) is 35.8 Å². The molecular weight excluding hydrogens is 310 g/mol. The van der Waals surface area contributed by atoms with Gasteiger partial charge in [0.1, 0.15) is 12.4 Å². The molecule has 2 aromatic carbocycles. The van der Waals surface area contributed by atoms with Gasteiger partial charge in [0.2, 0.25) is 0 Å². The lowest BCUT2D eigenvalue weighted by atomic mass is 10.1. The first-order valence-corrected chi connectivity index (χ1v) is 8.72. The van der Waals surface area contributed by atoms with Crippen LogP contribution in [0.2, 0.25) is 0 Å². The number of nitrogens with two attached hydrogens (primary N) is 1. The standard InChI is InChI=1S/C20H23N5/c1-13-7-8-15(11-14(13)2)23-20(21)22-12-19-24-17-5-3-4-6-18(17)25(19)16-9-10-16/h3-8,11,16H,9-10,12H2,1-2H3,(H3,21,22,23). The molecule has 0 amide bonds. The zero-order valence-electron chi connectivity index (χ0n) is 14.7. The zero-order valence-corrected chi connectivity index (χ0v) is 14.7. The maximum atomic E-state index is 6.08. The SMILES string of the molecule is Cc1ccc(NC(N)=NCc2nc3ccccc3n2C2CC2)cc1C. The van der Waals surface area contributed by atoms with Gasteiger partial charge in [0.25, 0.3) is 0 Å². The molecule has 0 unspecified atom stereocenters. The van der Waals surface area contributed by atoms with Crippen molar-refractivity contribution in [1.29, 1.82) is 0 Å². The van der Waals surface area contributed by atoms with E-state index in [2.05, 4.69) is 59.1 Å². The average molecular weight is 333 g/mol. The van der Waals surface area contributed by atoms with E-state index in [1.165, 1.54) is 29.5 Å². The molecular formula is C20H23N5. The summed E-state index contributed by atoms with van der Waals surface area (Å²) in [5.74, 6) is 1.39. The molecule has 1 aliphatic rings. The molecule has 1 saturated carbocycles. The molecule has 128 valence electrons. The first kappa shape index (κ1) is 15.7. The number of aryl methyl sites for hydroxylation is 2. The molecule has 1 fully saturated rings. The molecule has 1 aliphatic carbocycles. The first-order valence-electron chi connectivity index (χ1n) is 8.72. The van der Waals surface area contributed by atoms with Crippen LogP contribution in [0.4, 0.5) is 5.69 Å². The van der Waals surface area contributed by atoms with Crippen molar-refractivity contribution in [2.24, 2.45) is 10.7 Å². The molecule has 5 nitrogen and oxygen atoms in total. The minimum atomic E-state index is 0.414. The van der Waals surface area contributed by atoms with Gasteiger partial charge in [-0.3, -0.25) is 0 Å². The van der Waals surface area contributed by atoms with E-state index in [0.29, 0.717) is 18.5 Å². The van der Waals surface area contributed by atoms with E-state index in [1.807, 2.05) is 12.1 Å². The number of imidazole rings is 1. The smallest absolute Gasteiger partial charge is 0.193 e. The van der Waals surface area contributed by atoms with E-state index < -0.39 is 0 Å². The fourth-order valence-electron chi connectivity index (χ4n) is 3.11. The van der Waals surface area contributed by atoms with E-state index in [0.717, 1.165) is 17.0 Å². The van der Waals surface area contributed by atoms with Gasteiger partial charge in [-0.2, -0.15) is 0 Å². The average Bonchev–Trinajstić information content (AvgIpc) is 3.36. The Hall–Kier alpha value is -2.82. The van der Waals surface area contributed by atoms with E-state index in [1.54, 1.807) is 0 Å². The summed E-state index contributed by atoms with van der Waals surface area (Å²) in [4.78, 5) is 9.26. The van der Waals surface area contributed by atoms with Gasteiger partial charge >= 0.3 is 0 Å². The number of rotatable bonds is 4. The van der Waals surface area contributed by atoms with Crippen molar-refractivity contribution >= 4 is 22.7 Å². The summed E-state index contributed by atoms with van der Waals surface area (Å²) in [5.41, 5.74) is 11.7. The Morgan fingerprint density at radius 3 is 2.76 bits per heavy atom. The second kappa shape index (κ2) is 6.24. The van der Waals surface area contributed by atoms with Gasteiger partial charge in [0.15, 0.2) is 5.96 Å². The highest BCUT2D eigenvalue weighted by Gasteiger charge is 2.27. The summed E-state index contributed by atoms with van der Waals surface area (Å²) < 4.78 is 2.32. The highest BCUT2D eigenvalue weighted by atomic mass is 15.2. The number of hydrogen-bond donors (Lipinski definition) is 2. The number of benzene rings is 2. The van der Waals surface area contributed by atoms with Crippen LogP contribution in [0.5, 0.6) is 0 Å². The van der Waals surface area contributed by atoms with Crippen molar-refractivity contribution in [3.8, 4) is 0 Å². The quantitative estimate of drug-likeness (QED) is 0.562. The van der Waals surface area contributed by atoms with Gasteiger partial charge in [-0.1, -0.05) is 18.2 Å². The Kier molecular flexibility index (Phi) is 3.92. The third-order valence-corrected chi connectivity index (χ3v) is 4.75. The summed E-state index contributed by atoms with van der Waals surface area (Å²) in [6, 6.07) is 15.0. The molecule has 0 aliphatic heterocycles. The Morgan fingerprint density at radius 2 is 2.00 bits per heavy atom. The molecule has 1 aromatic heterocycles. The second-order valence-electron chi connectivity index (χ2n) is 6.74. The Bertz CT molecular complexity index is 950. The number of aliphatic imine (C=N–C) groups is 1. The lowest BCUT2D eigenvalue weighted by molar-refractivity contribution is 0.702. The molecule has 0 radical (unpaired) electrons. The summed E-state index contributed by atoms with van der Waals surface area (Å²) in [5, 5.41) is 3.17. The topological polar surface area (TPSA) is 68.2 Å². The third-order valence-electron chi connectivity index (χ3n) is 4.75. The van der Waals surface area contributed by atoms with Crippen LogP contribution < -0.4 is 11.1 Å². The number of anilines is 1. The van der Waals surface area contributed by atoms with Crippen molar-refractivity contribution in [2.45, 2.75) is 39.3 Å². The monoisotopic (exact) mass is 333 g/mol. The van der Waals surface area contributed by atoms with Crippen LogP contribution in [-0.2, 0) is 6.54 Å². The van der Waals surface area contributed by atoms with Crippen molar-refractivity contribution < 1.29 is 0 Å². The van der Waals surface area contributed by atoms with Gasteiger partial charge in [0, 0.05) is 11.7 Å². The van der Waals surface area contributed by atoms with Crippen molar-refractivity contribution in [2.75, 3.05) is 5.32 Å². The van der Waals surface area contributed by atoms with Crippen LogP contribution >= 0.6 is 0 Å². The highest BCUT2D eigenvalue weighted by Crippen LogP contribution is 2.38. The molecule has 5 heteroatoms. The molecule has 3 aromatic rings. The molecule has 25 heavy (non-hydrogen) atoms. The number of fused-ring (bicyclic) bond motifs is 1. The van der Waals surface area contributed by atoms with Crippen molar-refractivity contribution in [1.82, 2.24) is 9.55 Å². The summed E-state index contributed by atoms with van der Waals surface area (Å²) in [6.07, 6.45) is 2.43. The van der Waals surface area contributed by atoms with Crippen molar-refractivity contribution in [3.05, 3.63) is 59.4 Å². The predicted molar refractivity (Wildman–Crippen MR) is 103 cm³/mol. The number of hydrogen-bond acceptors (Lipinski definition) is 2. The van der Waals surface area contributed by atoms with Gasteiger partial charge in [-0.25, -0.2) is 9.98 Å². The van der Waals surface area contributed by atoms with Gasteiger partial charge in [0.05, 0.1) is 11.0 Å². The minimum absolute atomic E-state index is 0.414. The molecule has 0 saturated heterocycles. The lowest BCUT2D eigenvalue weighted by Gasteiger charge is -2.09. The van der Waals surface area contributed by atoms with Crippen LogP contribution in [0.3, 0.4) is 0 Å². The number of guanidine groups is 1. The Labute approximate surface area is 147 Å². The van der Waals surface area contributed by atoms with Crippen LogP contribution in [0.25, 0.3) is 11.0 Å². The largest absolute Gasteiger partial charge is 0.370 e. The first-order chi connectivity index (χ1) is 12.1. The third kappa shape index (κ3) is 3.22.